The second kappa shape index (κ2) is 12.8. The molecular weight excluding hydrogens is 564 g/mol. The summed E-state index contributed by atoms with van der Waals surface area (Å²) in [6.07, 6.45) is 0. The number of rotatable bonds is 8. The third kappa shape index (κ3) is 7.18. The summed E-state index contributed by atoms with van der Waals surface area (Å²) >= 11 is 8.74. The number of ether oxygens (including phenoxy) is 1. The van der Waals surface area contributed by atoms with Gasteiger partial charge in [-0.2, -0.15) is 0 Å². The molecule has 0 aliphatic heterocycles. The van der Waals surface area contributed by atoms with Crippen LogP contribution in [0.5, 0.6) is 5.75 Å². The largest absolute Gasteiger partial charge is 0.493 e. The molecule has 38 heavy (non-hydrogen) atoms. The highest BCUT2D eigenvalue weighted by atomic mass is 79.9. The van der Waals surface area contributed by atoms with Gasteiger partial charge in [-0.3, -0.25) is 14.9 Å². The fourth-order valence-corrected chi connectivity index (χ4v) is 4.25. The van der Waals surface area contributed by atoms with E-state index < -0.39 is 5.91 Å². The minimum atomic E-state index is -0.391. The molecule has 4 aromatic rings. The molecule has 2 amide bonds. The molecule has 0 spiro atoms. The van der Waals surface area contributed by atoms with Crippen LogP contribution in [0.25, 0.3) is 0 Å². The van der Waals surface area contributed by atoms with Gasteiger partial charge in [0.15, 0.2) is 5.11 Å². The Balaban J connectivity index is 1.38. The zero-order valence-corrected chi connectivity index (χ0v) is 22.9. The molecule has 9 heteroatoms. The van der Waals surface area contributed by atoms with Gasteiger partial charge in [0.25, 0.3) is 11.8 Å². The molecule has 0 aromatic heterocycles. The van der Waals surface area contributed by atoms with E-state index in [1.807, 2.05) is 61.5 Å². The summed E-state index contributed by atoms with van der Waals surface area (Å²) < 4.78 is 6.15. The number of carbonyl (C=O) groups is 2. The summed E-state index contributed by atoms with van der Waals surface area (Å²) in [5.74, 6) is -0.0642. The van der Waals surface area contributed by atoms with Crippen LogP contribution in [0, 0.1) is 0 Å². The predicted molar refractivity (Wildman–Crippen MR) is 160 cm³/mol. The number of anilines is 4. The first-order valence-corrected chi connectivity index (χ1v) is 13.0. The Kier molecular flexibility index (Phi) is 9.07. The van der Waals surface area contributed by atoms with E-state index in [1.165, 1.54) is 0 Å². The highest BCUT2D eigenvalue weighted by Gasteiger charge is 2.15. The number of carbonyl (C=O) groups excluding carboxylic acids is 2. The molecule has 0 bridgehead atoms. The van der Waals surface area contributed by atoms with Crippen LogP contribution in [0.1, 0.15) is 27.6 Å². The van der Waals surface area contributed by atoms with Gasteiger partial charge in [-0.1, -0.05) is 30.3 Å². The number of amides is 2. The van der Waals surface area contributed by atoms with Gasteiger partial charge in [-0.15, -0.1) is 0 Å². The molecule has 0 unspecified atom stereocenters. The molecule has 0 fully saturated rings. The Bertz CT molecular complexity index is 1450. The van der Waals surface area contributed by atoms with Crippen molar-refractivity contribution in [3.63, 3.8) is 0 Å². The molecule has 0 heterocycles. The standard InChI is InChI=1S/C29H25BrN4O3S/c1-2-37-26-17-12-19(18-24(26)30)27(35)34-29(38)33-25-11-7-6-10-23(25)28(36)32-22-15-13-21(14-16-22)31-20-8-4-3-5-9-20/h3-18,31H,2H2,1H3,(H,32,36)(H2,33,34,35,38). The zero-order valence-electron chi connectivity index (χ0n) is 20.5. The quantitative estimate of drug-likeness (QED) is 0.166. The Morgan fingerprint density at radius 1 is 0.789 bits per heavy atom. The third-order valence-corrected chi connectivity index (χ3v) is 6.17. The van der Waals surface area contributed by atoms with Crippen molar-refractivity contribution >= 4 is 67.8 Å². The van der Waals surface area contributed by atoms with Crippen molar-refractivity contribution in [3.05, 3.63) is 113 Å². The second-order valence-electron chi connectivity index (χ2n) is 8.05. The SMILES string of the molecule is CCOc1ccc(C(=O)NC(=S)Nc2ccccc2C(=O)Nc2ccc(Nc3ccccc3)cc2)cc1Br. The molecule has 0 radical (unpaired) electrons. The topological polar surface area (TPSA) is 91.5 Å². The van der Waals surface area contributed by atoms with Crippen LogP contribution in [-0.4, -0.2) is 23.5 Å². The maximum atomic E-state index is 13.0. The van der Waals surface area contributed by atoms with Crippen molar-refractivity contribution < 1.29 is 14.3 Å². The number of halogens is 1. The van der Waals surface area contributed by atoms with Gasteiger partial charge < -0.3 is 20.7 Å². The van der Waals surface area contributed by atoms with Gasteiger partial charge in [0.05, 0.1) is 22.3 Å². The number of thiocarbonyl (C=S) groups is 1. The first-order chi connectivity index (χ1) is 18.4. The molecule has 0 saturated carbocycles. The first-order valence-electron chi connectivity index (χ1n) is 11.8. The number of nitrogens with one attached hydrogen (secondary N) is 4. The fraction of sp³-hybridized carbons (Fsp3) is 0.0690. The lowest BCUT2D eigenvalue weighted by Gasteiger charge is -2.14. The zero-order chi connectivity index (χ0) is 26.9. The fourth-order valence-electron chi connectivity index (χ4n) is 3.56. The Hall–Kier alpha value is -4.21. The van der Waals surface area contributed by atoms with Crippen molar-refractivity contribution in [2.24, 2.45) is 0 Å². The maximum Gasteiger partial charge on any atom is 0.257 e. The molecule has 4 rings (SSSR count). The molecule has 0 aliphatic rings. The summed E-state index contributed by atoms with van der Waals surface area (Å²) in [6, 6.07) is 29.2. The maximum absolute atomic E-state index is 13.0. The number of para-hydroxylation sites is 2. The molecule has 4 N–H and O–H groups in total. The minimum Gasteiger partial charge on any atom is -0.493 e. The van der Waals surface area contributed by atoms with E-state index in [1.54, 1.807) is 42.5 Å². The van der Waals surface area contributed by atoms with E-state index >= 15 is 0 Å². The Morgan fingerprint density at radius 3 is 2.16 bits per heavy atom. The van der Waals surface area contributed by atoms with Gasteiger partial charge in [0.1, 0.15) is 5.75 Å². The van der Waals surface area contributed by atoms with Crippen molar-refractivity contribution in [1.29, 1.82) is 0 Å². The lowest BCUT2D eigenvalue weighted by Crippen LogP contribution is -2.34. The van der Waals surface area contributed by atoms with Crippen molar-refractivity contribution in [2.75, 3.05) is 22.6 Å². The van der Waals surface area contributed by atoms with Crippen molar-refractivity contribution in [2.45, 2.75) is 6.92 Å². The van der Waals surface area contributed by atoms with Crippen molar-refractivity contribution in [3.8, 4) is 5.75 Å². The molecule has 7 nitrogen and oxygen atoms in total. The minimum absolute atomic E-state index is 0.0663. The van der Waals surface area contributed by atoms with Crippen LogP contribution in [-0.2, 0) is 0 Å². The molecule has 4 aromatic carbocycles. The molecular formula is C29H25BrN4O3S. The van der Waals surface area contributed by atoms with Gasteiger partial charge >= 0.3 is 0 Å². The van der Waals surface area contributed by atoms with Crippen LogP contribution >= 0.6 is 28.1 Å². The third-order valence-electron chi connectivity index (χ3n) is 5.35. The lowest BCUT2D eigenvalue weighted by atomic mass is 10.1. The van der Waals surface area contributed by atoms with Crippen LogP contribution in [0.15, 0.2) is 102 Å². The lowest BCUT2D eigenvalue weighted by molar-refractivity contribution is 0.0976. The van der Waals surface area contributed by atoms with Crippen molar-refractivity contribution in [1.82, 2.24) is 5.32 Å². The summed E-state index contributed by atoms with van der Waals surface area (Å²) in [5, 5.41) is 11.9. The van der Waals surface area contributed by atoms with E-state index in [-0.39, 0.29) is 11.0 Å². The highest BCUT2D eigenvalue weighted by molar-refractivity contribution is 9.10. The molecule has 0 aliphatic carbocycles. The van der Waals surface area contributed by atoms with Crippen LogP contribution in [0.3, 0.4) is 0 Å². The Labute approximate surface area is 234 Å². The number of hydrogen-bond acceptors (Lipinski definition) is 5. The van der Waals surface area contributed by atoms with E-state index in [0.717, 1.165) is 11.4 Å². The van der Waals surface area contributed by atoms with Gasteiger partial charge in [-0.25, -0.2) is 0 Å². The van der Waals surface area contributed by atoms with E-state index in [0.29, 0.717) is 39.3 Å². The number of hydrogen-bond donors (Lipinski definition) is 4. The van der Waals surface area contributed by atoms with Crippen LogP contribution in [0.2, 0.25) is 0 Å². The molecule has 0 saturated heterocycles. The average molecular weight is 590 g/mol. The number of benzene rings is 4. The van der Waals surface area contributed by atoms with Crippen LogP contribution in [0.4, 0.5) is 22.7 Å². The highest BCUT2D eigenvalue weighted by Crippen LogP contribution is 2.26. The summed E-state index contributed by atoms with van der Waals surface area (Å²) in [6.45, 7) is 2.40. The monoisotopic (exact) mass is 588 g/mol. The van der Waals surface area contributed by atoms with E-state index in [9.17, 15) is 9.59 Å². The summed E-state index contributed by atoms with van der Waals surface area (Å²) in [4.78, 5) is 25.7. The summed E-state index contributed by atoms with van der Waals surface area (Å²) in [5.41, 5.74) is 3.76. The summed E-state index contributed by atoms with van der Waals surface area (Å²) in [7, 11) is 0. The first kappa shape index (κ1) is 26.8. The van der Waals surface area contributed by atoms with Gasteiger partial charge in [0.2, 0.25) is 0 Å². The molecule has 0 atom stereocenters. The molecule has 192 valence electrons. The second-order valence-corrected chi connectivity index (χ2v) is 9.32. The van der Waals surface area contributed by atoms with Gasteiger partial charge in [0, 0.05) is 22.6 Å². The predicted octanol–water partition coefficient (Wildman–Crippen LogP) is 6.97. The Morgan fingerprint density at radius 2 is 1.45 bits per heavy atom. The van der Waals surface area contributed by atoms with Crippen LogP contribution < -0.4 is 26.0 Å². The van der Waals surface area contributed by atoms with E-state index in [2.05, 4.69) is 37.2 Å². The average Bonchev–Trinajstić information content (AvgIpc) is 2.92. The smallest absolute Gasteiger partial charge is 0.257 e. The van der Waals surface area contributed by atoms with Gasteiger partial charge in [-0.05, 0) is 102 Å². The van der Waals surface area contributed by atoms with E-state index in [4.69, 9.17) is 17.0 Å². The normalized spacial score (nSPS) is 10.3.